The Morgan fingerprint density at radius 3 is 2.16 bits per heavy atom. The van der Waals surface area contributed by atoms with Gasteiger partial charge in [0.15, 0.2) is 0 Å². The summed E-state index contributed by atoms with van der Waals surface area (Å²) in [4.78, 5) is 17.9. The zero-order valence-corrected chi connectivity index (χ0v) is 20.1. The van der Waals surface area contributed by atoms with E-state index in [1.807, 2.05) is 56.0 Å². The molecule has 1 amide bonds. The Morgan fingerprint density at radius 1 is 0.906 bits per heavy atom. The fourth-order valence-corrected chi connectivity index (χ4v) is 7.08. The summed E-state index contributed by atoms with van der Waals surface area (Å²) in [5, 5.41) is 0. The highest BCUT2D eigenvalue weighted by molar-refractivity contribution is 7.89. The van der Waals surface area contributed by atoms with E-state index in [1.165, 1.54) is 9.99 Å². The second kappa shape index (κ2) is 9.24. The maximum absolute atomic E-state index is 13.5. The van der Waals surface area contributed by atoms with Gasteiger partial charge < -0.3 is 9.80 Å². The Kier molecular flexibility index (Phi) is 6.58. The molecule has 1 atom stereocenters. The van der Waals surface area contributed by atoms with Crippen LogP contribution in [0.1, 0.15) is 29.5 Å². The van der Waals surface area contributed by atoms with Crippen LogP contribution in [0.15, 0.2) is 47.4 Å². The van der Waals surface area contributed by atoms with Crippen LogP contribution in [0.3, 0.4) is 0 Å². The van der Waals surface area contributed by atoms with Gasteiger partial charge in [-0.15, -0.1) is 0 Å². The van der Waals surface area contributed by atoms with Crippen molar-refractivity contribution in [3.8, 4) is 0 Å². The highest BCUT2D eigenvalue weighted by atomic mass is 32.2. The Labute approximate surface area is 191 Å². The molecule has 2 aliphatic rings. The van der Waals surface area contributed by atoms with Gasteiger partial charge in [0.25, 0.3) is 0 Å². The number of anilines is 1. The molecule has 0 bridgehead atoms. The molecule has 2 aromatic carbocycles. The van der Waals surface area contributed by atoms with Crippen LogP contribution in [0.5, 0.6) is 0 Å². The maximum Gasteiger partial charge on any atom is 0.243 e. The molecule has 0 saturated carbocycles. The third-order valence-corrected chi connectivity index (χ3v) is 8.82. The number of benzene rings is 2. The molecule has 0 N–H and O–H groups in total. The minimum atomic E-state index is -3.63. The fraction of sp³-hybridized carbons (Fsp3) is 0.480. The molecule has 0 unspecified atom stereocenters. The summed E-state index contributed by atoms with van der Waals surface area (Å²) in [6.07, 6.45) is 1.46. The normalized spacial score (nSPS) is 20.4. The van der Waals surface area contributed by atoms with Gasteiger partial charge >= 0.3 is 0 Å². The summed E-state index contributed by atoms with van der Waals surface area (Å²) in [5.41, 5.74) is 3.78. The molecule has 0 spiro atoms. The van der Waals surface area contributed by atoms with Crippen LogP contribution in [0.4, 0.5) is 5.69 Å². The average Bonchev–Trinajstić information content (AvgIpc) is 2.78. The number of hydrogen-bond acceptors (Lipinski definition) is 4. The van der Waals surface area contributed by atoms with Gasteiger partial charge in [-0.25, -0.2) is 8.42 Å². The first-order chi connectivity index (χ1) is 15.3. The van der Waals surface area contributed by atoms with Crippen LogP contribution >= 0.6 is 0 Å². The number of piperazine rings is 1. The van der Waals surface area contributed by atoms with Crippen molar-refractivity contribution in [2.24, 2.45) is 5.92 Å². The van der Waals surface area contributed by atoms with E-state index in [-0.39, 0.29) is 18.4 Å². The lowest BCUT2D eigenvalue weighted by atomic mass is 9.97. The molecule has 0 radical (unpaired) electrons. The molecule has 32 heavy (non-hydrogen) atoms. The Bertz CT molecular complexity index is 1050. The highest BCUT2D eigenvalue weighted by Gasteiger charge is 2.37. The lowest BCUT2D eigenvalue weighted by Crippen LogP contribution is -2.53. The van der Waals surface area contributed by atoms with Crippen molar-refractivity contribution in [1.29, 1.82) is 0 Å². The van der Waals surface area contributed by atoms with Crippen LogP contribution in [-0.4, -0.2) is 62.8 Å². The second-order valence-electron chi connectivity index (χ2n) is 9.08. The lowest BCUT2D eigenvalue weighted by Gasteiger charge is -2.39. The van der Waals surface area contributed by atoms with E-state index in [9.17, 15) is 13.2 Å². The van der Waals surface area contributed by atoms with Crippen molar-refractivity contribution in [3.05, 3.63) is 59.2 Å². The molecule has 6 nitrogen and oxygen atoms in total. The van der Waals surface area contributed by atoms with Crippen LogP contribution in [0.25, 0.3) is 0 Å². The first-order valence-corrected chi connectivity index (χ1v) is 12.9. The molecule has 2 saturated heterocycles. The summed E-state index contributed by atoms with van der Waals surface area (Å²) >= 11 is 0. The molecular weight excluding hydrogens is 422 g/mol. The van der Waals surface area contributed by atoms with Crippen molar-refractivity contribution in [2.45, 2.75) is 38.5 Å². The smallest absolute Gasteiger partial charge is 0.243 e. The molecule has 0 aromatic heterocycles. The largest absolute Gasteiger partial charge is 0.368 e. The summed E-state index contributed by atoms with van der Waals surface area (Å²) < 4.78 is 28.5. The quantitative estimate of drug-likeness (QED) is 0.709. The SMILES string of the molecule is Cc1cc(C)c(S(=O)(=O)N2CCC[C@@H](C(=O)N3CCN(c4ccccc4)CC3)C2)c(C)c1. The van der Waals surface area contributed by atoms with E-state index >= 15 is 0 Å². The molecule has 2 heterocycles. The third-order valence-electron chi connectivity index (χ3n) is 6.65. The van der Waals surface area contributed by atoms with Crippen LogP contribution in [-0.2, 0) is 14.8 Å². The Morgan fingerprint density at radius 2 is 1.53 bits per heavy atom. The summed E-state index contributed by atoms with van der Waals surface area (Å²) in [5.74, 6) is -0.178. The number of hydrogen-bond donors (Lipinski definition) is 0. The molecule has 2 fully saturated rings. The monoisotopic (exact) mass is 455 g/mol. The summed E-state index contributed by atoms with van der Waals surface area (Å²) in [6.45, 7) is 9.37. The lowest BCUT2D eigenvalue weighted by molar-refractivity contribution is -0.137. The number of carbonyl (C=O) groups excluding carboxylic acids is 1. The van der Waals surface area contributed by atoms with Crippen molar-refractivity contribution < 1.29 is 13.2 Å². The van der Waals surface area contributed by atoms with E-state index in [1.54, 1.807) is 0 Å². The number of para-hydroxylation sites is 1. The van der Waals surface area contributed by atoms with Crippen LogP contribution in [0.2, 0.25) is 0 Å². The average molecular weight is 456 g/mol. The maximum atomic E-state index is 13.5. The predicted octanol–water partition coefficient (Wildman–Crippen LogP) is 3.36. The van der Waals surface area contributed by atoms with Gasteiger partial charge in [0.1, 0.15) is 0 Å². The van der Waals surface area contributed by atoms with Gasteiger partial charge in [0.2, 0.25) is 15.9 Å². The summed E-state index contributed by atoms with van der Waals surface area (Å²) in [7, 11) is -3.63. The zero-order valence-electron chi connectivity index (χ0n) is 19.3. The van der Waals surface area contributed by atoms with Gasteiger partial charge in [-0.05, 0) is 56.9 Å². The van der Waals surface area contributed by atoms with Gasteiger partial charge in [-0.1, -0.05) is 35.9 Å². The molecule has 4 rings (SSSR count). The van der Waals surface area contributed by atoms with E-state index in [0.717, 1.165) is 36.2 Å². The minimum absolute atomic E-state index is 0.0926. The second-order valence-corrected chi connectivity index (χ2v) is 11.0. The van der Waals surface area contributed by atoms with E-state index in [2.05, 4.69) is 17.0 Å². The topological polar surface area (TPSA) is 60.9 Å². The third kappa shape index (κ3) is 4.55. The van der Waals surface area contributed by atoms with E-state index in [4.69, 9.17) is 0 Å². The van der Waals surface area contributed by atoms with Crippen molar-refractivity contribution >= 4 is 21.6 Å². The van der Waals surface area contributed by atoms with Gasteiger partial charge in [0, 0.05) is 45.0 Å². The molecule has 0 aliphatic carbocycles. The number of carbonyl (C=O) groups is 1. The first kappa shape index (κ1) is 22.8. The van der Waals surface area contributed by atoms with E-state index < -0.39 is 10.0 Å². The standard InChI is InChI=1S/C25H33N3O3S/c1-19-16-20(2)24(21(3)17-19)32(30,31)28-11-7-8-22(18-28)25(29)27-14-12-26(13-15-27)23-9-5-4-6-10-23/h4-6,9-10,16-17,22H,7-8,11-15,18H2,1-3H3/t22-/m1/s1. The number of aryl methyl sites for hydroxylation is 3. The van der Waals surface area contributed by atoms with Gasteiger partial charge in [-0.3, -0.25) is 4.79 Å². The number of sulfonamides is 1. The van der Waals surface area contributed by atoms with Crippen molar-refractivity contribution in [3.63, 3.8) is 0 Å². The molecule has 2 aromatic rings. The number of rotatable bonds is 4. The van der Waals surface area contributed by atoms with Crippen LogP contribution in [0, 0.1) is 26.7 Å². The Hall–Kier alpha value is -2.38. The van der Waals surface area contributed by atoms with Gasteiger partial charge in [0.05, 0.1) is 10.8 Å². The highest BCUT2D eigenvalue weighted by Crippen LogP contribution is 2.29. The fourth-order valence-electron chi connectivity index (χ4n) is 5.15. The Balaban J connectivity index is 1.43. The number of nitrogens with zero attached hydrogens (tertiary/aromatic N) is 3. The molecule has 2 aliphatic heterocycles. The zero-order chi connectivity index (χ0) is 22.9. The van der Waals surface area contributed by atoms with Crippen molar-refractivity contribution in [1.82, 2.24) is 9.21 Å². The van der Waals surface area contributed by atoms with E-state index in [0.29, 0.717) is 31.0 Å². The molecule has 172 valence electrons. The minimum Gasteiger partial charge on any atom is -0.368 e. The first-order valence-electron chi connectivity index (χ1n) is 11.4. The molecule has 7 heteroatoms. The number of amides is 1. The predicted molar refractivity (Wildman–Crippen MR) is 127 cm³/mol. The number of piperidine rings is 1. The molecular formula is C25H33N3O3S. The van der Waals surface area contributed by atoms with Crippen molar-refractivity contribution in [2.75, 3.05) is 44.2 Å². The van der Waals surface area contributed by atoms with Gasteiger partial charge in [-0.2, -0.15) is 4.31 Å². The summed E-state index contributed by atoms with van der Waals surface area (Å²) in [6, 6.07) is 14.1. The van der Waals surface area contributed by atoms with Crippen LogP contribution < -0.4 is 4.90 Å².